The second kappa shape index (κ2) is 29.1. The number of phosphoric acid groups is 3. The van der Waals surface area contributed by atoms with Crippen molar-refractivity contribution in [1.82, 2.24) is 0 Å². The van der Waals surface area contributed by atoms with Gasteiger partial charge in [0.1, 0.15) is 0 Å². The van der Waals surface area contributed by atoms with E-state index in [0.29, 0.717) is 0 Å². The van der Waals surface area contributed by atoms with Crippen molar-refractivity contribution in [3.8, 4) is 0 Å². The van der Waals surface area contributed by atoms with Gasteiger partial charge in [0.25, 0.3) is 0 Å². The molecule has 0 aromatic rings. The Balaban J connectivity index is -0.0000000129. The molecule has 0 aliphatic rings. The number of halogens is 1. The second-order valence-electron chi connectivity index (χ2n) is 1.34. The molecule has 0 bridgehead atoms. The fourth-order valence-electron chi connectivity index (χ4n) is 0. The minimum atomic E-state index is -5.39. The Morgan fingerprint density at radius 2 is 0.381 bits per heavy atom. The van der Waals surface area contributed by atoms with Crippen LogP contribution < -0.4 is 56.4 Å². The molecule has 0 amide bonds. The van der Waals surface area contributed by atoms with E-state index in [1.807, 2.05) is 0 Å². The maximum atomic E-state index is 8.55. The van der Waals surface area contributed by atoms with E-state index in [0.717, 1.165) is 0 Å². The van der Waals surface area contributed by atoms with Crippen molar-refractivity contribution in [2.75, 3.05) is 0 Å². The van der Waals surface area contributed by atoms with Gasteiger partial charge < -0.3 is 70.1 Å². The van der Waals surface area contributed by atoms with Crippen LogP contribution in [0.25, 0.3) is 0 Å². The molecule has 0 aromatic heterocycles. The first-order chi connectivity index (χ1) is 6.00. The van der Waals surface area contributed by atoms with Crippen molar-refractivity contribution in [1.29, 1.82) is 0 Å². The first-order valence-electron chi connectivity index (χ1n) is 2.19. The molecule has 0 heterocycles. The van der Waals surface area contributed by atoms with E-state index < -0.39 is 23.5 Å². The standard InChI is InChI=1S/5Ca.ClH.3H3O4P/c;;;;;;3*1-5(2,3)4/h;;;;;1H;3*(H3,1,2,3,4)/q5*+2;;;;/p-10. The summed E-state index contributed by atoms with van der Waals surface area (Å²) in [5, 5.41) is 0. The molecular formula is Ca5ClO12P3. The summed E-state index contributed by atoms with van der Waals surface area (Å²) in [6, 6.07) is 0. The van der Waals surface area contributed by atoms with E-state index in [9.17, 15) is 0 Å². The summed E-state index contributed by atoms with van der Waals surface area (Å²) >= 11 is 0. The topological polar surface area (TPSA) is 259 Å². The Labute approximate surface area is 275 Å². The van der Waals surface area contributed by atoms with Gasteiger partial charge in [0, 0.05) is 0 Å². The number of hydrogen-bond acceptors (Lipinski definition) is 12. The van der Waals surface area contributed by atoms with E-state index in [4.69, 9.17) is 57.7 Å². The van der Waals surface area contributed by atoms with Crippen molar-refractivity contribution in [2.24, 2.45) is 0 Å². The third-order valence-electron chi connectivity index (χ3n) is 0. The molecule has 0 spiro atoms. The minimum absolute atomic E-state index is 0. The van der Waals surface area contributed by atoms with Gasteiger partial charge in [-0.1, -0.05) is 0 Å². The Kier molecular flexibility index (Phi) is 78.4. The molecule has 0 aliphatic carbocycles. The Morgan fingerprint density at radius 3 is 0.381 bits per heavy atom. The molecule has 0 unspecified atom stereocenters. The monoisotopic (exact) mass is 520 g/mol. The van der Waals surface area contributed by atoms with Crippen molar-refractivity contribution in [3.63, 3.8) is 0 Å². The van der Waals surface area contributed by atoms with Gasteiger partial charge in [0.15, 0.2) is 0 Å². The van der Waals surface area contributed by atoms with Crippen LogP contribution in [0.15, 0.2) is 0 Å². The molecular weight excluding hydrogens is 521 g/mol. The van der Waals surface area contributed by atoms with Gasteiger partial charge in [0.05, 0.1) is 0 Å². The van der Waals surface area contributed by atoms with Crippen LogP contribution in [-0.4, -0.2) is 189 Å². The molecule has 21 heteroatoms. The van der Waals surface area contributed by atoms with Crippen LogP contribution in [0.4, 0.5) is 0 Å². The van der Waals surface area contributed by atoms with Gasteiger partial charge in [-0.15, -0.1) is 0 Å². The number of rotatable bonds is 0. The molecule has 0 saturated heterocycles. The van der Waals surface area contributed by atoms with Crippen LogP contribution >= 0.6 is 23.5 Å². The molecule has 0 rings (SSSR count). The van der Waals surface area contributed by atoms with Crippen molar-refractivity contribution >= 4 is 212 Å². The zero-order chi connectivity index (χ0) is 13.5. The zero-order valence-electron chi connectivity index (χ0n) is 10.2. The number of hydrogen-bond donors (Lipinski definition) is 0. The molecule has 0 radical (unpaired) electrons. The van der Waals surface area contributed by atoms with Crippen LogP contribution in [0.2, 0.25) is 0 Å². The molecule has 104 valence electrons. The zero-order valence-corrected chi connectivity index (χ0v) is 24.6. The van der Waals surface area contributed by atoms with Gasteiger partial charge in [0.2, 0.25) is 0 Å². The summed E-state index contributed by atoms with van der Waals surface area (Å²) in [4.78, 5) is 76.9. The first-order valence-corrected chi connectivity index (χ1v) is 6.57. The molecule has 0 fully saturated rings. The van der Waals surface area contributed by atoms with Crippen molar-refractivity contribution in [2.45, 2.75) is 0 Å². The van der Waals surface area contributed by atoms with Crippen molar-refractivity contribution < 1.29 is 70.1 Å². The van der Waals surface area contributed by atoms with Crippen LogP contribution in [0.1, 0.15) is 0 Å². The maximum Gasteiger partial charge on any atom is 2.00 e. The summed E-state index contributed by atoms with van der Waals surface area (Å²) in [7, 11) is -16.2. The predicted octanol–water partition coefficient (Wildman–Crippen LogP) is -13.4. The Bertz CT molecular complexity index is 219. The van der Waals surface area contributed by atoms with E-state index in [1.54, 1.807) is 0 Å². The summed E-state index contributed by atoms with van der Waals surface area (Å²) in [6.45, 7) is 0. The van der Waals surface area contributed by atoms with E-state index in [-0.39, 0.29) is 201 Å². The SMILES string of the molecule is O=P([O-])([O-])[O-].O=P([O-])([O-])[O-].O=P([O-])([O-])[O-].[Ca+2].[Ca+2].[Ca+2].[Ca+2].[Ca+2].[Cl-]. The normalized spacial score (nSPS) is 8.43. The van der Waals surface area contributed by atoms with Crippen LogP contribution in [0.3, 0.4) is 0 Å². The van der Waals surface area contributed by atoms with Crippen LogP contribution in [0.5, 0.6) is 0 Å². The third kappa shape index (κ3) is 349. The molecule has 12 nitrogen and oxygen atoms in total. The van der Waals surface area contributed by atoms with Crippen LogP contribution in [-0.2, 0) is 13.7 Å². The van der Waals surface area contributed by atoms with Gasteiger partial charge in [-0.3, -0.25) is 0 Å². The summed E-state index contributed by atoms with van der Waals surface area (Å²) in [5.41, 5.74) is 0. The molecule has 0 atom stereocenters. The van der Waals surface area contributed by atoms with Gasteiger partial charge in [-0.25, -0.2) is 0 Å². The maximum absolute atomic E-state index is 8.55. The minimum Gasteiger partial charge on any atom is -1.00 e. The average Bonchev–Trinajstić information content (AvgIpc) is 1.41. The molecule has 0 saturated carbocycles. The average molecular weight is 521 g/mol. The molecule has 0 aliphatic heterocycles. The van der Waals surface area contributed by atoms with Gasteiger partial charge >= 0.3 is 189 Å². The van der Waals surface area contributed by atoms with Gasteiger partial charge in [-0.05, 0) is 0 Å². The molecule has 0 aromatic carbocycles. The smallest absolute Gasteiger partial charge is 1.00 e. The summed E-state index contributed by atoms with van der Waals surface area (Å²) in [5.74, 6) is 0. The molecule has 21 heavy (non-hydrogen) atoms. The van der Waals surface area contributed by atoms with Crippen LogP contribution in [0, 0.1) is 0 Å². The molecule has 0 N–H and O–H groups in total. The second-order valence-corrected chi connectivity index (χ2v) is 4.02. The van der Waals surface area contributed by atoms with E-state index in [1.165, 1.54) is 0 Å². The largest absolute Gasteiger partial charge is 2.00 e. The van der Waals surface area contributed by atoms with Crippen molar-refractivity contribution in [3.05, 3.63) is 0 Å². The quantitative estimate of drug-likeness (QED) is 0.213. The van der Waals surface area contributed by atoms with E-state index >= 15 is 0 Å². The fraction of sp³-hybridized carbons (Fsp3) is 0. The van der Waals surface area contributed by atoms with Gasteiger partial charge in [-0.2, -0.15) is 23.5 Å². The Hall–Kier alpha value is 6.92. The fourth-order valence-corrected chi connectivity index (χ4v) is 0. The summed E-state index contributed by atoms with van der Waals surface area (Å²) in [6.07, 6.45) is 0. The Morgan fingerprint density at radius 1 is 0.381 bits per heavy atom. The predicted molar refractivity (Wildman–Crippen MR) is 51.6 cm³/mol. The van der Waals surface area contributed by atoms with E-state index in [2.05, 4.69) is 0 Å². The summed E-state index contributed by atoms with van der Waals surface area (Å²) < 4.78 is 25.6. The third-order valence-corrected chi connectivity index (χ3v) is 0. The first kappa shape index (κ1) is 56.5.